The number of nitrogens with zero attached hydrogens (tertiary/aromatic N) is 1. The van der Waals surface area contributed by atoms with Crippen LogP contribution in [0.3, 0.4) is 0 Å². The van der Waals surface area contributed by atoms with Crippen molar-refractivity contribution in [1.29, 1.82) is 5.26 Å². The van der Waals surface area contributed by atoms with E-state index in [0.717, 1.165) is 12.6 Å². The summed E-state index contributed by atoms with van der Waals surface area (Å²) >= 11 is 0. The molecule has 0 bridgehead atoms. The van der Waals surface area contributed by atoms with E-state index in [-0.39, 0.29) is 0 Å². The Morgan fingerprint density at radius 1 is 1.45 bits per heavy atom. The summed E-state index contributed by atoms with van der Waals surface area (Å²) in [6.07, 6.45) is 10.8. The highest BCUT2D eigenvalue weighted by Gasteiger charge is 2.14. The first-order valence-electron chi connectivity index (χ1n) is 6.89. The van der Waals surface area contributed by atoms with E-state index >= 15 is 0 Å². The van der Waals surface area contributed by atoms with Crippen LogP contribution in [0, 0.1) is 18.3 Å². The number of benzene rings is 1. The van der Waals surface area contributed by atoms with Crippen molar-refractivity contribution in [3.05, 3.63) is 66.0 Å². The van der Waals surface area contributed by atoms with Gasteiger partial charge in [0, 0.05) is 6.42 Å². The van der Waals surface area contributed by atoms with Gasteiger partial charge in [-0.05, 0) is 45.0 Å². The zero-order valence-corrected chi connectivity index (χ0v) is 13.2. The van der Waals surface area contributed by atoms with Gasteiger partial charge in [-0.25, -0.2) is 0 Å². The highest BCUT2D eigenvalue weighted by Crippen LogP contribution is 2.45. The number of aryl methyl sites for hydroxylation is 1. The third-order valence-corrected chi connectivity index (χ3v) is 5.51. The largest absolute Gasteiger partial charge is 0.198 e. The van der Waals surface area contributed by atoms with Gasteiger partial charge in [0.05, 0.1) is 6.07 Å². The van der Waals surface area contributed by atoms with Crippen LogP contribution in [0.5, 0.6) is 0 Å². The van der Waals surface area contributed by atoms with Gasteiger partial charge in [-0.1, -0.05) is 60.7 Å². The van der Waals surface area contributed by atoms with Crippen LogP contribution in [0.4, 0.5) is 0 Å². The summed E-state index contributed by atoms with van der Waals surface area (Å²) < 4.78 is 0. The van der Waals surface area contributed by atoms with Crippen LogP contribution in [0.1, 0.15) is 25.3 Å². The van der Waals surface area contributed by atoms with E-state index in [0.29, 0.717) is 6.42 Å². The molecule has 20 heavy (non-hydrogen) atoms. The van der Waals surface area contributed by atoms with Crippen LogP contribution in [-0.4, -0.2) is 6.16 Å². The second-order valence-electron chi connectivity index (χ2n) is 4.58. The lowest BCUT2D eigenvalue weighted by molar-refractivity contribution is 0.977. The first-order valence-corrected chi connectivity index (χ1v) is 8.42. The number of hydrogen-bond acceptors (Lipinski definition) is 1. The molecule has 0 amide bonds. The minimum absolute atomic E-state index is 0.407. The molecule has 104 valence electrons. The van der Waals surface area contributed by atoms with Crippen LogP contribution in [0.15, 0.2) is 60.5 Å². The van der Waals surface area contributed by atoms with E-state index in [1.165, 1.54) is 16.2 Å². The Morgan fingerprint density at radius 3 is 2.85 bits per heavy atom. The minimum atomic E-state index is -0.407. The molecule has 1 aromatic carbocycles. The van der Waals surface area contributed by atoms with Crippen LogP contribution in [0.25, 0.3) is 0 Å². The van der Waals surface area contributed by atoms with Gasteiger partial charge < -0.3 is 0 Å². The van der Waals surface area contributed by atoms with Crippen molar-refractivity contribution in [1.82, 2.24) is 0 Å². The van der Waals surface area contributed by atoms with Crippen molar-refractivity contribution in [2.45, 2.75) is 26.7 Å². The molecule has 0 saturated carbocycles. The summed E-state index contributed by atoms with van der Waals surface area (Å²) in [4.78, 5) is 0. The van der Waals surface area contributed by atoms with Gasteiger partial charge in [0.15, 0.2) is 0 Å². The molecule has 0 fully saturated rings. The Kier molecular flexibility index (Phi) is 7.63. The third-order valence-electron chi connectivity index (χ3n) is 2.92. The molecule has 0 saturated heterocycles. The maximum Gasteiger partial charge on any atom is 0.0621 e. The lowest BCUT2D eigenvalue weighted by atomic mass is 10.2. The predicted octanol–water partition coefficient (Wildman–Crippen LogP) is 5.05. The molecule has 1 atom stereocenters. The zero-order valence-electron chi connectivity index (χ0n) is 12.3. The van der Waals surface area contributed by atoms with Crippen LogP contribution in [0.2, 0.25) is 0 Å². The van der Waals surface area contributed by atoms with Gasteiger partial charge in [-0.3, -0.25) is 0 Å². The molecule has 0 aliphatic rings. The van der Waals surface area contributed by atoms with Gasteiger partial charge in [0.2, 0.25) is 0 Å². The Bertz CT molecular complexity index is 535. The average molecular weight is 283 g/mol. The summed E-state index contributed by atoms with van der Waals surface area (Å²) in [5, 5.41) is 11.5. The van der Waals surface area contributed by atoms with Gasteiger partial charge in [-0.2, -0.15) is 5.26 Å². The maximum atomic E-state index is 8.75. The summed E-state index contributed by atoms with van der Waals surface area (Å²) in [7, 11) is -0.407. The van der Waals surface area contributed by atoms with Crippen molar-refractivity contribution in [3.8, 4) is 6.07 Å². The molecule has 1 aromatic rings. The van der Waals surface area contributed by atoms with Crippen LogP contribution in [-0.2, 0) is 0 Å². The van der Waals surface area contributed by atoms with E-state index in [9.17, 15) is 0 Å². The molecule has 2 heteroatoms. The molecule has 1 rings (SSSR count). The summed E-state index contributed by atoms with van der Waals surface area (Å²) in [6.45, 7) is 7.98. The molecule has 0 heterocycles. The maximum absolute atomic E-state index is 8.75. The topological polar surface area (TPSA) is 23.8 Å². The van der Waals surface area contributed by atoms with Gasteiger partial charge >= 0.3 is 0 Å². The predicted molar refractivity (Wildman–Crippen MR) is 90.5 cm³/mol. The van der Waals surface area contributed by atoms with E-state index in [4.69, 9.17) is 5.26 Å². The molecular formula is C18H22NP. The molecule has 1 nitrogen and oxygen atoms in total. The van der Waals surface area contributed by atoms with Gasteiger partial charge in [0.25, 0.3) is 0 Å². The fraction of sp³-hybridized carbons (Fsp3) is 0.278. The normalized spacial score (nSPS) is 13.2. The molecule has 1 unspecified atom stereocenters. The Labute approximate surface area is 124 Å². The molecule has 0 aliphatic heterocycles. The fourth-order valence-electron chi connectivity index (χ4n) is 2.05. The molecule has 0 spiro atoms. The molecule has 0 aromatic heterocycles. The van der Waals surface area contributed by atoms with Crippen molar-refractivity contribution in [2.24, 2.45) is 0 Å². The van der Waals surface area contributed by atoms with Gasteiger partial charge in [0.1, 0.15) is 0 Å². The zero-order chi connectivity index (χ0) is 14.8. The fourth-order valence-corrected chi connectivity index (χ4v) is 4.58. The van der Waals surface area contributed by atoms with Crippen molar-refractivity contribution >= 4 is 13.2 Å². The number of rotatable bonds is 7. The molecule has 0 aliphatic carbocycles. The summed E-state index contributed by atoms with van der Waals surface area (Å²) in [5.41, 5.74) is 1.29. The molecule has 0 radical (unpaired) electrons. The average Bonchev–Trinajstić information content (AvgIpc) is 2.44. The number of nitriles is 1. The Hall–Kier alpha value is -1.64. The smallest absolute Gasteiger partial charge is 0.0621 e. The molecular weight excluding hydrogens is 261 g/mol. The Morgan fingerprint density at radius 2 is 2.25 bits per heavy atom. The quantitative estimate of drug-likeness (QED) is 0.390. The minimum Gasteiger partial charge on any atom is -0.198 e. The van der Waals surface area contributed by atoms with E-state index in [2.05, 4.69) is 62.1 Å². The van der Waals surface area contributed by atoms with E-state index in [1.54, 1.807) is 0 Å². The first kappa shape index (κ1) is 16.4. The number of unbranched alkanes of at least 4 members (excludes halogenated alkanes) is 1. The second kappa shape index (κ2) is 9.29. The monoisotopic (exact) mass is 283 g/mol. The third kappa shape index (κ3) is 5.16. The van der Waals surface area contributed by atoms with Crippen molar-refractivity contribution < 1.29 is 0 Å². The molecule has 0 N–H and O–H groups in total. The highest BCUT2D eigenvalue weighted by molar-refractivity contribution is 7.69. The number of hydrogen-bond donors (Lipinski definition) is 0. The lowest BCUT2D eigenvalue weighted by Gasteiger charge is -2.19. The van der Waals surface area contributed by atoms with Crippen LogP contribution < -0.4 is 5.30 Å². The lowest BCUT2D eigenvalue weighted by Crippen LogP contribution is -2.05. The Balaban J connectivity index is 3.09. The summed E-state index contributed by atoms with van der Waals surface area (Å²) in [6, 6.07) is 10.9. The SMILES string of the molecule is C=C/C=C(\C=C/C)P(CCCC#N)c1cccc(C)c1. The van der Waals surface area contributed by atoms with Crippen molar-refractivity contribution in [3.63, 3.8) is 0 Å². The number of allylic oxidation sites excluding steroid dienone is 5. The van der Waals surface area contributed by atoms with E-state index in [1.807, 2.05) is 13.0 Å². The second-order valence-corrected chi connectivity index (χ2v) is 6.92. The highest BCUT2D eigenvalue weighted by atomic mass is 31.1. The van der Waals surface area contributed by atoms with E-state index < -0.39 is 7.92 Å². The first-order chi connectivity index (χ1) is 9.72. The van der Waals surface area contributed by atoms with Crippen molar-refractivity contribution in [2.75, 3.05) is 6.16 Å². The standard InChI is InChI=1S/C18H22NP/c1-4-9-17(10-5-2)20(14-7-6-13-19)18-12-8-11-16(3)15-18/h4-5,8-12,15H,1,6-7,14H2,2-3H3/b10-5-,17-9+. The summed E-state index contributed by atoms with van der Waals surface area (Å²) in [5.74, 6) is 0. The van der Waals surface area contributed by atoms with Crippen LogP contribution >= 0.6 is 7.92 Å². The van der Waals surface area contributed by atoms with Gasteiger partial charge in [-0.15, -0.1) is 0 Å².